The van der Waals surface area contributed by atoms with Gasteiger partial charge in [-0.2, -0.15) is 5.10 Å². The van der Waals surface area contributed by atoms with Crippen LogP contribution in [0.25, 0.3) is 5.69 Å². The van der Waals surface area contributed by atoms with E-state index in [1.54, 1.807) is 0 Å². The van der Waals surface area contributed by atoms with E-state index in [0.717, 1.165) is 18.8 Å². The standard InChI is InChI=1S/C16H21N3O/c1-13(17-11-16-8-5-9-20-16)14-10-18-19(12-14)15-6-3-2-4-7-15/h2-4,6-7,10,12-13,16-17H,5,8-9,11H2,1H3. The molecule has 1 saturated heterocycles. The van der Waals surface area contributed by atoms with Gasteiger partial charge in [-0.25, -0.2) is 4.68 Å². The van der Waals surface area contributed by atoms with E-state index in [4.69, 9.17) is 4.74 Å². The van der Waals surface area contributed by atoms with Gasteiger partial charge in [0, 0.05) is 31.0 Å². The largest absolute Gasteiger partial charge is 0.377 e. The molecule has 1 aromatic carbocycles. The van der Waals surface area contributed by atoms with Crippen LogP contribution in [0.3, 0.4) is 0 Å². The van der Waals surface area contributed by atoms with Gasteiger partial charge in [0.15, 0.2) is 0 Å². The van der Waals surface area contributed by atoms with Crippen molar-refractivity contribution >= 4 is 0 Å². The van der Waals surface area contributed by atoms with Crippen molar-refractivity contribution in [3.05, 3.63) is 48.3 Å². The third-order valence-electron chi connectivity index (χ3n) is 3.80. The van der Waals surface area contributed by atoms with Crippen molar-refractivity contribution in [2.24, 2.45) is 0 Å². The summed E-state index contributed by atoms with van der Waals surface area (Å²) in [5.41, 5.74) is 2.29. The van der Waals surface area contributed by atoms with E-state index >= 15 is 0 Å². The number of hydrogen-bond acceptors (Lipinski definition) is 3. The Morgan fingerprint density at radius 1 is 1.40 bits per heavy atom. The van der Waals surface area contributed by atoms with Gasteiger partial charge in [0.05, 0.1) is 18.0 Å². The number of nitrogens with one attached hydrogen (secondary N) is 1. The Morgan fingerprint density at radius 2 is 2.25 bits per heavy atom. The van der Waals surface area contributed by atoms with Crippen molar-refractivity contribution in [2.45, 2.75) is 31.9 Å². The molecule has 3 rings (SSSR count). The van der Waals surface area contributed by atoms with Gasteiger partial charge in [0.2, 0.25) is 0 Å². The molecule has 20 heavy (non-hydrogen) atoms. The highest BCUT2D eigenvalue weighted by Gasteiger charge is 2.17. The predicted molar refractivity (Wildman–Crippen MR) is 79.0 cm³/mol. The Bertz CT molecular complexity index is 532. The Balaban J connectivity index is 1.61. The summed E-state index contributed by atoms with van der Waals surface area (Å²) in [6.45, 7) is 3.99. The summed E-state index contributed by atoms with van der Waals surface area (Å²) in [7, 11) is 0. The normalized spacial score (nSPS) is 20.1. The zero-order valence-corrected chi connectivity index (χ0v) is 11.8. The molecule has 0 aliphatic carbocycles. The van der Waals surface area contributed by atoms with Gasteiger partial charge in [-0.15, -0.1) is 0 Å². The van der Waals surface area contributed by atoms with E-state index in [-0.39, 0.29) is 6.04 Å². The van der Waals surface area contributed by atoms with Crippen LogP contribution in [0, 0.1) is 0 Å². The summed E-state index contributed by atoms with van der Waals surface area (Å²) in [6.07, 6.45) is 6.75. The van der Waals surface area contributed by atoms with Crippen LogP contribution in [0.1, 0.15) is 31.4 Å². The molecule has 4 heteroatoms. The first-order valence-electron chi connectivity index (χ1n) is 7.28. The number of nitrogens with zero attached hydrogens (tertiary/aromatic N) is 2. The number of benzene rings is 1. The molecule has 1 N–H and O–H groups in total. The van der Waals surface area contributed by atoms with Crippen molar-refractivity contribution < 1.29 is 4.74 Å². The second-order valence-corrected chi connectivity index (χ2v) is 5.32. The highest BCUT2D eigenvalue weighted by molar-refractivity contribution is 5.31. The summed E-state index contributed by atoms with van der Waals surface area (Å²) in [5.74, 6) is 0. The molecule has 0 saturated carbocycles. The highest BCUT2D eigenvalue weighted by atomic mass is 16.5. The maximum absolute atomic E-state index is 5.63. The molecule has 0 amide bonds. The fourth-order valence-electron chi connectivity index (χ4n) is 2.51. The van der Waals surface area contributed by atoms with Crippen LogP contribution in [0.4, 0.5) is 0 Å². The molecular weight excluding hydrogens is 250 g/mol. The number of aromatic nitrogens is 2. The van der Waals surface area contributed by atoms with Crippen LogP contribution in [-0.2, 0) is 4.74 Å². The quantitative estimate of drug-likeness (QED) is 0.908. The van der Waals surface area contributed by atoms with E-state index in [0.29, 0.717) is 6.10 Å². The molecule has 2 aromatic rings. The fourth-order valence-corrected chi connectivity index (χ4v) is 2.51. The Morgan fingerprint density at radius 3 is 3.00 bits per heavy atom. The molecule has 4 nitrogen and oxygen atoms in total. The van der Waals surface area contributed by atoms with Crippen molar-refractivity contribution in [1.82, 2.24) is 15.1 Å². The molecule has 1 aliphatic heterocycles. The van der Waals surface area contributed by atoms with E-state index in [2.05, 4.69) is 35.7 Å². The molecule has 0 bridgehead atoms. The van der Waals surface area contributed by atoms with Crippen LogP contribution in [-0.4, -0.2) is 29.0 Å². The second-order valence-electron chi connectivity index (χ2n) is 5.32. The molecule has 2 unspecified atom stereocenters. The Hall–Kier alpha value is -1.65. The summed E-state index contributed by atoms with van der Waals surface area (Å²) < 4.78 is 7.55. The predicted octanol–water partition coefficient (Wildman–Crippen LogP) is 2.70. The highest BCUT2D eigenvalue weighted by Crippen LogP contribution is 2.16. The number of para-hydroxylation sites is 1. The van der Waals surface area contributed by atoms with Crippen LogP contribution in [0.5, 0.6) is 0 Å². The lowest BCUT2D eigenvalue weighted by Gasteiger charge is -2.15. The van der Waals surface area contributed by atoms with Gasteiger partial charge < -0.3 is 10.1 Å². The summed E-state index contributed by atoms with van der Waals surface area (Å²) >= 11 is 0. The van der Waals surface area contributed by atoms with E-state index < -0.39 is 0 Å². The molecule has 106 valence electrons. The SMILES string of the molecule is CC(NCC1CCCO1)c1cnn(-c2ccccc2)c1. The summed E-state index contributed by atoms with van der Waals surface area (Å²) in [4.78, 5) is 0. The minimum Gasteiger partial charge on any atom is -0.377 e. The average molecular weight is 271 g/mol. The second kappa shape index (κ2) is 6.20. The molecule has 0 spiro atoms. The van der Waals surface area contributed by atoms with E-state index in [1.165, 1.54) is 18.4 Å². The molecular formula is C16H21N3O. The maximum atomic E-state index is 5.63. The lowest BCUT2D eigenvalue weighted by atomic mass is 10.1. The zero-order valence-electron chi connectivity index (χ0n) is 11.8. The van der Waals surface area contributed by atoms with E-state index in [9.17, 15) is 0 Å². The monoisotopic (exact) mass is 271 g/mol. The number of ether oxygens (including phenoxy) is 1. The van der Waals surface area contributed by atoms with Crippen molar-refractivity contribution in [2.75, 3.05) is 13.2 Å². The van der Waals surface area contributed by atoms with Crippen LogP contribution >= 0.6 is 0 Å². The maximum Gasteiger partial charge on any atom is 0.0700 e. The molecule has 1 aromatic heterocycles. The molecule has 0 radical (unpaired) electrons. The third kappa shape index (κ3) is 3.08. The van der Waals surface area contributed by atoms with Crippen LogP contribution in [0.2, 0.25) is 0 Å². The minimum absolute atomic E-state index is 0.289. The molecule has 2 atom stereocenters. The molecule has 1 aliphatic rings. The first-order valence-corrected chi connectivity index (χ1v) is 7.28. The van der Waals surface area contributed by atoms with Crippen LogP contribution in [0.15, 0.2) is 42.7 Å². The van der Waals surface area contributed by atoms with Gasteiger partial charge in [-0.05, 0) is 31.9 Å². The smallest absolute Gasteiger partial charge is 0.0700 e. The number of hydrogen-bond donors (Lipinski definition) is 1. The summed E-state index contributed by atoms with van der Waals surface area (Å²) in [5, 5.41) is 7.96. The lowest BCUT2D eigenvalue weighted by molar-refractivity contribution is 0.108. The third-order valence-corrected chi connectivity index (χ3v) is 3.80. The number of rotatable bonds is 5. The molecule has 2 heterocycles. The summed E-state index contributed by atoms with van der Waals surface area (Å²) in [6, 6.07) is 10.5. The lowest BCUT2D eigenvalue weighted by Crippen LogP contribution is -2.28. The molecule has 1 fully saturated rings. The fraction of sp³-hybridized carbons (Fsp3) is 0.438. The Labute approximate surface area is 119 Å². The zero-order chi connectivity index (χ0) is 13.8. The van der Waals surface area contributed by atoms with Gasteiger partial charge >= 0.3 is 0 Å². The van der Waals surface area contributed by atoms with Gasteiger partial charge in [-0.1, -0.05) is 18.2 Å². The Kier molecular flexibility index (Phi) is 4.14. The van der Waals surface area contributed by atoms with E-state index in [1.807, 2.05) is 29.1 Å². The van der Waals surface area contributed by atoms with Gasteiger partial charge in [0.1, 0.15) is 0 Å². The average Bonchev–Trinajstić information content (AvgIpc) is 3.17. The first kappa shape index (κ1) is 13.3. The topological polar surface area (TPSA) is 39.1 Å². The van der Waals surface area contributed by atoms with Crippen molar-refractivity contribution in [3.8, 4) is 5.69 Å². The minimum atomic E-state index is 0.289. The van der Waals surface area contributed by atoms with Crippen molar-refractivity contribution in [1.29, 1.82) is 0 Å². The van der Waals surface area contributed by atoms with Crippen LogP contribution < -0.4 is 5.32 Å². The van der Waals surface area contributed by atoms with Crippen molar-refractivity contribution in [3.63, 3.8) is 0 Å². The van der Waals surface area contributed by atoms with Gasteiger partial charge in [-0.3, -0.25) is 0 Å². The van der Waals surface area contributed by atoms with Gasteiger partial charge in [0.25, 0.3) is 0 Å². The first-order chi connectivity index (χ1) is 9.83.